The molecule has 1 fully saturated rings. The van der Waals surface area contributed by atoms with Gasteiger partial charge in [-0.2, -0.15) is 0 Å². The van der Waals surface area contributed by atoms with Gasteiger partial charge in [-0.3, -0.25) is 4.79 Å². The van der Waals surface area contributed by atoms with Crippen molar-refractivity contribution in [2.75, 3.05) is 0 Å². The average molecular weight is 519 g/mol. The molecule has 0 aliphatic heterocycles. The summed E-state index contributed by atoms with van der Waals surface area (Å²) in [7, 11) is 1.94. The Morgan fingerprint density at radius 3 is 2.53 bits per heavy atom. The molecule has 0 spiro atoms. The van der Waals surface area contributed by atoms with Gasteiger partial charge in [-0.05, 0) is 77.4 Å². The molecule has 188 valence electrons. The highest BCUT2D eigenvalue weighted by atomic mass is 35.5. The van der Waals surface area contributed by atoms with Crippen LogP contribution in [0.3, 0.4) is 0 Å². The molecule has 0 saturated heterocycles. The Morgan fingerprint density at radius 1 is 1.08 bits per heavy atom. The summed E-state index contributed by atoms with van der Waals surface area (Å²) in [5.74, 6) is 3.25. The highest BCUT2D eigenvalue weighted by molar-refractivity contribution is 6.30. The monoisotopic (exact) mass is 518 g/mol. The van der Waals surface area contributed by atoms with Crippen LogP contribution in [0.2, 0.25) is 5.02 Å². The van der Waals surface area contributed by atoms with Crippen LogP contribution < -0.4 is 11.3 Å². The third-order valence-corrected chi connectivity index (χ3v) is 7.82. The predicted octanol–water partition coefficient (Wildman–Crippen LogP) is 5.70. The zero-order chi connectivity index (χ0) is 26.4. The van der Waals surface area contributed by atoms with E-state index in [2.05, 4.69) is 17.0 Å². The summed E-state index contributed by atoms with van der Waals surface area (Å²) in [6.45, 7) is 0.714. The lowest BCUT2D eigenvalue weighted by molar-refractivity contribution is 0.596. The van der Waals surface area contributed by atoms with Crippen LogP contribution >= 0.6 is 11.6 Å². The van der Waals surface area contributed by atoms with Gasteiger partial charge in [-0.25, -0.2) is 4.98 Å². The number of rotatable bonds is 6. The first-order valence-electron chi connectivity index (χ1n) is 12.7. The van der Waals surface area contributed by atoms with Crippen LogP contribution in [-0.2, 0) is 19.1 Å². The first-order valence-corrected chi connectivity index (χ1v) is 13.0. The molecule has 2 heterocycles. The smallest absolute Gasteiger partial charge is 0.251 e. The van der Waals surface area contributed by atoms with Gasteiger partial charge in [-0.15, -0.1) is 6.42 Å². The second-order valence-electron chi connectivity index (χ2n) is 10.1. The third-order valence-electron chi connectivity index (χ3n) is 7.56. The van der Waals surface area contributed by atoms with E-state index in [0.717, 1.165) is 57.3 Å². The zero-order valence-corrected chi connectivity index (χ0v) is 21.8. The molecule has 2 N–H and O–H groups in total. The summed E-state index contributed by atoms with van der Waals surface area (Å²) in [5, 5.41) is 1.59. The molecule has 6 heteroatoms. The van der Waals surface area contributed by atoms with Gasteiger partial charge in [0.2, 0.25) is 0 Å². The summed E-state index contributed by atoms with van der Waals surface area (Å²) in [4.78, 5) is 17.7. The van der Waals surface area contributed by atoms with Crippen LogP contribution in [0, 0.1) is 18.3 Å². The van der Waals surface area contributed by atoms with Crippen LogP contribution in [0.15, 0.2) is 90.1 Å². The molecule has 1 aliphatic carbocycles. The molecular weight excluding hydrogens is 492 g/mol. The minimum Gasteiger partial charge on any atom is -0.336 e. The Labute approximate surface area is 226 Å². The summed E-state index contributed by atoms with van der Waals surface area (Å²) >= 11 is 6.23. The molecule has 5 nitrogen and oxygen atoms in total. The summed E-state index contributed by atoms with van der Waals surface area (Å²) < 4.78 is 3.83. The fourth-order valence-electron chi connectivity index (χ4n) is 5.30. The molecule has 5 aromatic rings. The summed E-state index contributed by atoms with van der Waals surface area (Å²) in [6.07, 6.45) is 11.6. The Morgan fingerprint density at radius 2 is 1.84 bits per heavy atom. The molecule has 1 saturated carbocycles. The van der Waals surface area contributed by atoms with E-state index in [1.807, 2.05) is 76.8 Å². The number of nitrogens with two attached hydrogens (primary N) is 1. The number of fused-ring (bicyclic) bond motifs is 1. The van der Waals surface area contributed by atoms with Crippen molar-refractivity contribution in [3.8, 4) is 23.5 Å². The van der Waals surface area contributed by atoms with Crippen LogP contribution in [0.25, 0.3) is 22.0 Å². The number of aromatic nitrogens is 3. The van der Waals surface area contributed by atoms with Gasteiger partial charge in [-0.1, -0.05) is 47.9 Å². The SMILES string of the molecule is C#Cc1cccc(-c2cc(=O)n(CC3CC3)c3ccc(C(N)(c4ccc(Cl)cc4)c4cncn4C)cc23)c1. The number of halogens is 1. The first kappa shape index (κ1) is 24.2. The summed E-state index contributed by atoms with van der Waals surface area (Å²) in [5.41, 5.74) is 12.3. The van der Waals surface area contributed by atoms with Gasteiger partial charge in [0.25, 0.3) is 5.56 Å². The van der Waals surface area contributed by atoms with Crippen molar-refractivity contribution in [1.82, 2.24) is 14.1 Å². The standard InChI is InChI=1S/C32H27ClN4O/c1-3-21-5-4-6-23(15-21)27-17-31(38)37(19-22-7-8-22)29-14-11-25(16-28(27)29)32(34,30-18-35-20-36(30)2)24-9-12-26(33)13-10-24/h1,4-6,9-18,20,22H,7-8,19,34H2,2H3. The molecule has 1 unspecified atom stereocenters. The number of hydrogen-bond donors (Lipinski definition) is 1. The molecule has 38 heavy (non-hydrogen) atoms. The van der Waals surface area contributed by atoms with Crippen molar-refractivity contribution >= 4 is 22.5 Å². The van der Waals surface area contributed by atoms with E-state index in [4.69, 9.17) is 23.8 Å². The van der Waals surface area contributed by atoms with Gasteiger partial charge >= 0.3 is 0 Å². The number of aryl methyl sites for hydroxylation is 1. The van der Waals surface area contributed by atoms with E-state index in [-0.39, 0.29) is 5.56 Å². The van der Waals surface area contributed by atoms with Crippen molar-refractivity contribution in [3.05, 3.63) is 123 Å². The average Bonchev–Trinajstić information content (AvgIpc) is 3.66. The normalized spacial score (nSPS) is 14.8. The number of terminal acetylenes is 1. The van der Waals surface area contributed by atoms with Crippen molar-refractivity contribution in [2.45, 2.75) is 24.9 Å². The van der Waals surface area contributed by atoms with Crippen LogP contribution in [0.4, 0.5) is 0 Å². The number of pyridine rings is 1. The van der Waals surface area contributed by atoms with Crippen LogP contribution in [0.1, 0.15) is 35.2 Å². The van der Waals surface area contributed by atoms with E-state index in [1.165, 1.54) is 0 Å². The Kier molecular flexibility index (Phi) is 5.95. The lowest BCUT2D eigenvalue weighted by Gasteiger charge is -2.32. The fraction of sp³-hybridized carbons (Fsp3) is 0.188. The molecule has 0 amide bonds. The Hall–Kier alpha value is -4.11. The maximum absolute atomic E-state index is 13.4. The highest BCUT2D eigenvalue weighted by Crippen LogP contribution is 2.38. The molecule has 1 atom stereocenters. The second kappa shape index (κ2) is 9.33. The molecular formula is C32H27ClN4O. The minimum atomic E-state index is -1.01. The van der Waals surface area contributed by atoms with E-state index >= 15 is 0 Å². The topological polar surface area (TPSA) is 65.8 Å². The molecule has 1 aliphatic rings. The molecule has 3 aromatic carbocycles. The maximum atomic E-state index is 13.4. The van der Waals surface area contributed by atoms with Gasteiger partial charge in [0.1, 0.15) is 5.54 Å². The van der Waals surface area contributed by atoms with E-state index in [1.54, 1.807) is 18.6 Å². The van der Waals surface area contributed by atoms with Crippen molar-refractivity contribution in [1.29, 1.82) is 0 Å². The van der Waals surface area contributed by atoms with E-state index < -0.39 is 5.54 Å². The summed E-state index contributed by atoms with van der Waals surface area (Å²) in [6, 6.07) is 23.2. The zero-order valence-electron chi connectivity index (χ0n) is 21.1. The van der Waals surface area contributed by atoms with Crippen molar-refractivity contribution < 1.29 is 0 Å². The third kappa shape index (κ3) is 4.12. The Balaban J connectivity index is 1.65. The van der Waals surface area contributed by atoms with Gasteiger partial charge < -0.3 is 14.9 Å². The lowest BCUT2D eigenvalue weighted by atomic mass is 9.80. The van der Waals surface area contributed by atoms with Gasteiger partial charge in [0, 0.05) is 35.6 Å². The molecule has 6 rings (SSSR count). The number of benzene rings is 3. The first-order chi connectivity index (χ1) is 18.4. The maximum Gasteiger partial charge on any atom is 0.251 e. The number of hydrogen-bond acceptors (Lipinski definition) is 3. The van der Waals surface area contributed by atoms with Gasteiger partial charge in [0.05, 0.1) is 23.7 Å². The molecule has 2 aromatic heterocycles. The van der Waals surface area contributed by atoms with Crippen molar-refractivity contribution in [2.24, 2.45) is 18.7 Å². The lowest BCUT2D eigenvalue weighted by Crippen LogP contribution is -2.41. The Bertz CT molecular complexity index is 1770. The predicted molar refractivity (Wildman–Crippen MR) is 153 cm³/mol. The highest BCUT2D eigenvalue weighted by Gasteiger charge is 2.35. The number of imidazole rings is 1. The molecule has 0 radical (unpaired) electrons. The van der Waals surface area contributed by atoms with Crippen LogP contribution in [-0.4, -0.2) is 14.1 Å². The van der Waals surface area contributed by atoms with Crippen LogP contribution in [0.5, 0.6) is 0 Å². The number of nitrogens with zero attached hydrogens (tertiary/aromatic N) is 3. The fourth-order valence-corrected chi connectivity index (χ4v) is 5.43. The second-order valence-corrected chi connectivity index (χ2v) is 10.5. The van der Waals surface area contributed by atoms with Crippen molar-refractivity contribution in [3.63, 3.8) is 0 Å². The van der Waals surface area contributed by atoms with Gasteiger partial charge in [0.15, 0.2) is 0 Å². The van der Waals surface area contributed by atoms with E-state index in [0.29, 0.717) is 17.5 Å². The largest absolute Gasteiger partial charge is 0.336 e. The quantitative estimate of drug-likeness (QED) is 0.293. The van der Waals surface area contributed by atoms with E-state index in [9.17, 15) is 4.79 Å². The molecule has 0 bridgehead atoms. The minimum absolute atomic E-state index is 0.0124.